The number of rotatable bonds is 7. The van der Waals surface area contributed by atoms with Gasteiger partial charge in [-0.3, -0.25) is 9.48 Å². The Bertz CT molecular complexity index is 1020. The Morgan fingerprint density at radius 3 is 2.62 bits per heavy atom. The first-order valence-electron chi connectivity index (χ1n) is 9.51. The van der Waals surface area contributed by atoms with Crippen molar-refractivity contribution < 1.29 is 9.53 Å². The number of aromatic nitrogens is 4. The van der Waals surface area contributed by atoms with Crippen LogP contribution in [0.3, 0.4) is 0 Å². The minimum atomic E-state index is -0.144. The van der Waals surface area contributed by atoms with Crippen molar-refractivity contribution in [1.82, 2.24) is 24.5 Å². The van der Waals surface area contributed by atoms with Crippen molar-refractivity contribution in [2.75, 3.05) is 7.05 Å². The molecule has 154 valence electrons. The molecule has 1 amide bonds. The molecule has 0 N–H and O–H groups in total. The topological polar surface area (TPSA) is 65.2 Å². The Hall–Kier alpha value is -2.80. The van der Waals surface area contributed by atoms with Crippen LogP contribution in [0.1, 0.15) is 39.9 Å². The van der Waals surface area contributed by atoms with Crippen molar-refractivity contribution in [3.05, 3.63) is 63.7 Å². The third-order valence-corrected chi connectivity index (χ3v) is 5.16. The summed E-state index contributed by atoms with van der Waals surface area (Å²) >= 11 is 5.97. The molecule has 0 radical (unpaired) electrons. The molecule has 0 saturated heterocycles. The van der Waals surface area contributed by atoms with Crippen LogP contribution in [-0.4, -0.2) is 37.4 Å². The molecule has 0 fully saturated rings. The van der Waals surface area contributed by atoms with Gasteiger partial charge in [-0.05, 0) is 57.5 Å². The van der Waals surface area contributed by atoms with Gasteiger partial charge in [0.25, 0.3) is 5.91 Å². The van der Waals surface area contributed by atoms with Gasteiger partial charge in [0.05, 0.1) is 5.69 Å². The summed E-state index contributed by atoms with van der Waals surface area (Å²) in [6.45, 7) is 9.49. The largest absolute Gasteiger partial charge is 0.471 e. The third-order valence-electron chi connectivity index (χ3n) is 4.92. The second-order valence-corrected chi connectivity index (χ2v) is 7.49. The fourth-order valence-electron chi connectivity index (χ4n) is 3.23. The molecule has 0 bridgehead atoms. The van der Waals surface area contributed by atoms with Gasteiger partial charge < -0.3 is 9.64 Å². The first-order valence-corrected chi connectivity index (χ1v) is 9.88. The first-order chi connectivity index (χ1) is 13.8. The van der Waals surface area contributed by atoms with Crippen LogP contribution < -0.4 is 4.74 Å². The van der Waals surface area contributed by atoms with Gasteiger partial charge in [-0.25, -0.2) is 4.68 Å². The number of carbonyl (C=O) groups is 1. The molecular formula is C21H26ClN5O2. The maximum atomic E-state index is 12.8. The van der Waals surface area contributed by atoms with Gasteiger partial charge in [0.15, 0.2) is 12.4 Å². The van der Waals surface area contributed by atoms with Crippen LogP contribution in [0.5, 0.6) is 5.75 Å². The molecule has 0 atom stereocenters. The second kappa shape index (κ2) is 8.69. The van der Waals surface area contributed by atoms with Crippen LogP contribution in [0.2, 0.25) is 5.02 Å². The molecule has 29 heavy (non-hydrogen) atoms. The number of benzene rings is 1. The molecule has 2 aromatic heterocycles. The molecule has 0 spiro atoms. The van der Waals surface area contributed by atoms with Crippen LogP contribution >= 0.6 is 11.6 Å². The highest BCUT2D eigenvalue weighted by Gasteiger charge is 2.19. The van der Waals surface area contributed by atoms with E-state index in [0.29, 0.717) is 17.3 Å². The van der Waals surface area contributed by atoms with Gasteiger partial charge in [0, 0.05) is 42.6 Å². The van der Waals surface area contributed by atoms with Crippen molar-refractivity contribution in [2.45, 2.75) is 47.5 Å². The Kier molecular flexibility index (Phi) is 6.27. The predicted molar refractivity (Wildman–Crippen MR) is 112 cm³/mol. The highest BCUT2D eigenvalue weighted by molar-refractivity contribution is 6.30. The van der Waals surface area contributed by atoms with Gasteiger partial charge >= 0.3 is 0 Å². The van der Waals surface area contributed by atoms with E-state index in [-0.39, 0.29) is 12.6 Å². The summed E-state index contributed by atoms with van der Waals surface area (Å²) < 4.78 is 9.33. The fourth-order valence-corrected chi connectivity index (χ4v) is 3.46. The number of ether oxygens (including phenoxy) is 1. The molecule has 2 heterocycles. The number of carbonyl (C=O) groups excluding carboxylic acids is 1. The number of nitrogens with zero attached hydrogens (tertiary/aromatic N) is 5. The molecule has 0 aliphatic carbocycles. The summed E-state index contributed by atoms with van der Waals surface area (Å²) in [4.78, 5) is 14.5. The Morgan fingerprint density at radius 2 is 1.97 bits per heavy atom. The monoisotopic (exact) mass is 415 g/mol. The van der Waals surface area contributed by atoms with E-state index in [1.807, 2.05) is 37.6 Å². The quantitative estimate of drug-likeness (QED) is 0.585. The van der Waals surface area contributed by atoms with Gasteiger partial charge in [-0.15, -0.1) is 0 Å². The van der Waals surface area contributed by atoms with Crippen LogP contribution in [0.4, 0.5) is 0 Å². The van der Waals surface area contributed by atoms with Crippen LogP contribution in [0.25, 0.3) is 0 Å². The van der Waals surface area contributed by atoms with Crippen molar-refractivity contribution in [1.29, 1.82) is 0 Å². The predicted octanol–water partition coefficient (Wildman–Crippen LogP) is 3.99. The van der Waals surface area contributed by atoms with E-state index >= 15 is 0 Å². The molecule has 3 aromatic rings. The standard InChI is InChI=1S/C21H26ClN5O2/c1-6-27-16(4)18(15(3)23-27)12-25(5)21(28)19-9-10-26(24-19)13-29-20-8-7-17(22)11-14(20)2/h7-11H,6,12-13H2,1-5H3. The third kappa shape index (κ3) is 4.62. The average Bonchev–Trinajstić information content (AvgIpc) is 3.26. The number of amides is 1. The summed E-state index contributed by atoms with van der Waals surface area (Å²) in [5.74, 6) is 0.586. The van der Waals surface area contributed by atoms with Crippen LogP contribution in [-0.2, 0) is 19.8 Å². The maximum absolute atomic E-state index is 12.8. The molecule has 0 aliphatic rings. The van der Waals surface area contributed by atoms with Gasteiger partial charge in [0.2, 0.25) is 0 Å². The second-order valence-electron chi connectivity index (χ2n) is 7.05. The first kappa shape index (κ1) is 20.9. The molecule has 0 unspecified atom stereocenters. The Morgan fingerprint density at radius 1 is 1.21 bits per heavy atom. The average molecular weight is 416 g/mol. The van der Waals surface area contributed by atoms with Crippen molar-refractivity contribution >= 4 is 17.5 Å². The zero-order chi connectivity index (χ0) is 21.1. The van der Waals surface area contributed by atoms with Crippen LogP contribution in [0.15, 0.2) is 30.5 Å². The van der Waals surface area contributed by atoms with Crippen molar-refractivity contribution in [3.63, 3.8) is 0 Å². The number of halogens is 1. The lowest BCUT2D eigenvalue weighted by molar-refractivity contribution is 0.0776. The summed E-state index contributed by atoms with van der Waals surface area (Å²) in [7, 11) is 1.77. The summed E-state index contributed by atoms with van der Waals surface area (Å²) in [5.41, 5.74) is 4.42. The minimum Gasteiger partial charge on any atom is -0.471 e. The normalized spacial score (nSPS) is 11.0. The zero-order valence-corrected chi connectivity index (χ0v) is 18.2. The van der Waals surface area contributed by atoms with E-state index in [2.05, 4.69) is 17.1 Å². The van der Waals surface area contributed by atoms with Gasteiger partial charge in [0.1, 0.15) is 5.75 Å². The van der Waals surface area contributed by atoms with Gasteiger partial charge in [-0.1, -0.05) is 11.6 Å². The molecule has 0 aliphatic heterocycles. The zero-order valence-electron chi connectivity index (χ0n) is 17.4. The Balaban J connectivity index is 1.65. The lowest BCUT2D eigenvalue weighted by atomic mass is 10.2. The van der Waals surface area contributed by atoms with E-state index in [9.17, 15) is 4.79 Å². The van der Waals surface area contributed by atoms with E-state index in [4.69, 9.17) is 16.3 Å². The lowest BCUT2D eigenvalue weighted by Gasteiger charge is -2.16. The minimum absolute atomic E-state index is 0.144. The summed E-state index contributed by atoms with van der Waals surface area (Å²) in [6.07, 6.45) is 1.73. The summed E-state index contributed by atoms with van der Waals surface area (Å²) in [6, 6.07) is 7.14. The molecule has 3 rings (SSSR count). The van der Waals surface area contributed by atoms with E-state index in [1.54, 1.807) is 35.0 Å². The Labute approximate surface area is 175 Å². The highest BCUT2D eigenvalue weighted by atomic mass is 35.5. The number of hydrogen-bond acceptors (Lipinski definition) is 4. The SMILES string of the molecule is CCn1nc(C)c(CN(C)C(=O)c2ccn(COc3ccc(Cl)cc3C)n2)c1C. The van der Waals surface area contributed by atoms with Gasteiger partial charge in [-0.2, -0.15) is 10.2 Å². The molecule has 0 saturated carbocycles. The van der Waals surface area contributed by atoms with Crippen LogP contribution in [0, 0.1) is 20.8 Å². The summed E-state index contributed by atoms with van der Waals surface area (Å²) in [5, 5.41) is 9.54. The number of aryl methyl sites for hydroxylation is 3. The lowest BCUT2D eigenvalue weighted by Crippen LogP contribution is -2.27. The molecule has 7 nitrogen and oxygen atoms in total. The maximum Gasteiger partial charge on any atom is 0.274 e. The van der Waals surface area contributed by atoms with E-state index < -0.39 is 0 Å². The van der Waals surface area contributed by atoms with Crippen molar-refractivity contribution in [3.8, 4) is 5.75 Å². The molecular weight excluding hydrogens is 390 g/mol. The fraction of sp³-hybridized carbons (Fsp3) is 0.381. The smallest absolute Gasteiger partial charge is 0.274 e. The highest BCUT2D eigenvalue weighted by Crippen LogP contribution is 2.22. The van der Waals surface area contributed by atoms with Crippen molar-refractivity contribution in [2.24, 2.45) is 0 Å². The molecule has 1 aromatic carbocycles. The number of hydrogen-bond donors (Lipinski definition) is 0. The molecule has 8 heteroatoms. The van der Waals surface area contributed by atoms with E-state index in [1.165, 1.54) is 0 Å². The van der Waals surface area contributed by atoms with E-state index in [0.717, 1.165) is 34.8 Å².